The number of anilines is 1. The Balaban J connectivity index is 3.47. The van der Waals surface area contributed by atoms with Crippen LogP contribution in [0.4, 0.5) is 11.4 Å². The van der Waals surface area contributed by atoms with Crippen LogP contribution < -0.4 is 5.73 Å². The zero-order valence-electron chi connectivity index (χ0n) is 11.2. The summed E-state index contributed by atoms with van der Waals surface area (Å²) in [6, 6.07) is 2.93. The lowest BCUT2D eigenvalue weighted by Gasteiger charge is -2.24. The summed E-state index contributed by atoms with van der Waals surface area (Å²) >= 11 is 0. The van der Waals surface area contributed by atoms with E-state index in [2.05, 4.69) is 0 Å². The van der Waals surface area contributed by atoms with Gasteiger partial charge in [-0.3, -0.25) is 10.1 Å². The van der Waals surface area contributed by atoms with E-state index < -0.39 is 31.6 Å². The molecule has 3 N–H and O–H groups in total. The van der Waals surface area contributed by atoms with Crippen LogP contribution in [0.15, 0.2) is 23.1 Å². The van der Waals surface area contributed by atoms with E-state index >= 15 is 0 Å². The molecule has 20 heavy (non-hydrogen) atoms. The van der Waals surface area contributed by atoms with Crippen molar-refractivity contribution in [2.75, 3.05) is 18.9 Å². The maximum Gasteiger partial charge on any atom is 0.289 e. The van der Waals surface area contributed by atoms with Crippen molar-refractivity contribution in [1.82, 2.24) is 4.31 Å². The van der Waals surface area contributed by atoms with Gasteiger partial charge in [0.25, 0.3) is 5.69 Å². The minimum absolute atomic E-state index is 0.113. The smallest absolute Gasteiger partial charge is 0.289 e. The zero-order valence-corrected chi connectivity index (χ0v) is 12.0. The average Bonchev–Trinajstić information content (AvgIpc) is 2.34. The van der Waals surface area contributed by atoms with Crippen molar-refractivity contribution in [3.05, 3.63) is 28.3 Å². The highest BCUT2D eigenvalue weighted by atomic mass is 32.2. The number of nitrogens with zero attached hydrogens (tertiary/aromatic N) is 2. The fraction of sp³-hybridized carbons (Fsp3) is 0.455. The van der Waals surface area contributed by atoms with Crippen molar-refractivity contribution in [2.45, 2.75) is 24.8 Å². The number of nitrogen functional groups attached to an aromatic ring is 1. The van der Waals surface area contributed by atoms with Gasteiger partial charge in [-0.05, 0) is 26.0 Å². The standard InChI is InChI=1S/C11H17N3O5S/c1-8(2)13(5-6-15)20(18,19)11-7-9(12)3-4-10(11)14(16)17/h3-4,7-8,15H,5-6,12H2,1-2H3. The van der Waals surface area contributed by atoms with E-state index in [1.165, 1.54) is 6.07 Å². The van der Waals surface area contributed by atoms with E-state index in [0.29, 0.717) is 0 Å². The lowest BCUT2D eigenvalue weighted by Crippen LogP contribution is -2.39. The topological polar surface area (TPSA) is 127 Å². The molecule has 1 aromatic carbocycles. The average molecular weight is 303 g/mol. The number of rotatable bonds is 6. The van der Waals surface area contributed by atoms with Crippen LogP contribution >= 0.6 is 0 Å². The van der Waals surface area contributed by atoms with Gasteiger partial charge in [0.2, 0.25) is 10.0 Å². The van der Waals surface area contributed by atoms with Crippen LogP contribution in [-0.4, -0.2) is 41.9 Å². The minimum atomic E-state index is -4.11. The van der Waals surface area contributed by atoms with Crippen LogP contribution in [0.2, 0.25) is 0 Å². The van der Waals surface area contributed by atoms with Gasteiger partial charge in [-0.25, -0.2) is 8.42 Å². The zero-order chi connectivity index (χ0) is 15.5. The minimum Gasteiger partial charge on any atom is -0.399 e. The van der Waals surface area contributed by atoms with Crippen molar-refractivity contribution >= 4 is 21.4 Å². The van der Waals surface area contributed by atoms with Crippen LogP contribution in [0.1, 0.15) is 13.8 Å². The highest BCUT2D eigenvalue weighted by molar-refractivity contribution is 7.89. The lowest BCUT2D eigenvalue weighted by atomic mass is 10.3. The summed E-state index contributed by atoms with van der Waals surface area (Å²) in [7, 11) is -4.11. The third kappa shape index (κ3) is 3.24. The van der Waals surface area contributed by atoms with E-state index in [0.717, 1.165) is 16.4 Å². The second-order valence-corrected chi connectivity index (χ2v) is 6.28. The molecule has 0 amide bonds. The molecule has 1 aromatic rings. The normalized spacial score (nSPS) is 12.1. The van der Waals surface area contributed by atoms with Gasteiger partial charge in [-0.1, -0.05) is 0 Å². The Labute approximate surface area is 117 Å². The Morgan fingerprint density at radius 3 is 2.50 bits per heavy atom. The number of nitrogens with two attached hydrogens (primary N) is 1. The van der Waals surface area contributed by atoms with Gasteiger partial charge in [-0.15, -0.1) is 0 Å². The van der Waals surface area contributed by atoms with Gasteiger partial charge in [0.05, 0.1) is 11.5 Å². The monoisotopic (exact) mass is 303 g/mol. The fourth-order valence-electron chi connectivity index (χ4n) is 1.77. The molecule has 0 atom stereocenters. The van der Waals surface area contributed by atoms with E-state index in [1.807, 2.05) is 0 Å². The molecular formula is C11H17N3O5S. The van der Waals surface area contributed by atoms with Gasteiger partial charge < -0.3 is 10.8 Å². The molecule has 0 aromatic heterocycles. The van der Waals surface area contributed by atoms with Gasteiger partial charge in [0.15, 0.2) is 4.90 Å². The Morgan fingerprint density at radius 2 is 2.05 bits per heavy atom. The number of hydrogen-bond acceptors (Lipinski definition) is 6. The molecule has 0 aliphatic rings. The number of aliphatic hydroxyl groups excluding tert-OH is 1. The first-order valence-corrected chi connectivity index (χ1v) is 7.32. The van der Waals surface area contributed by atoms with E-state index in [9.17, 15) is 18.5 Å². The molecule has 0 unspecified atom stereocenters. The van der Waals surface area contributed by atoms with E-state index in [4.69, 9.17) is 10.8 Å². The van der Waals surface area contributed by atoms with Crippen molar-refractivity contribution in [3.63, 3.8) is 0 Å². The molecule has 0 bridgehead atoms. The molecule has 0 fully saturated rings. The van der Waals surface area contributed by atoms with Crippen LogP contribution in [0.5, 0.6) is 0 Å². The van der Waals surface area contributed by atoms with Gasteiger partial charge in [-0.2, -0.15) is 4.31 Å². The molecule has 0 saturated carbocycles. The highest BCUT2D eigenvalue weighted by Crippen LogP contribution is 2.29. The summed E-state index contributed by atoms with van der Waals surface area (Å²) in [5.41, 5.74) is 5.09. The summed E-state index contributed by atoms with van der Waals surface area (Å²) in [6.07, 6.45) is 0. The molecule has 0 spiro atoms. The van der Waals surface area contributed by atoms with Crippen LogP contribution in [0.25, 0.3) is 0 Å². The number of hydrogen-bond donors (Lipinski definition) is 2. The SMILES string of the molecule is CC(C)N(CCO)S(=O)(=O)c1cc(N)ccc1[N+](=O)[O-]. The Morgan fingerprint density at radius 1 is 1.45 bits per heavy atom. The lowest BCUT2D eigenvalue weighted by molar-refractivity contribution is -0.387. The fourth-order valence-corrected chi connectivity index (χ4v) is 3.59. The van der Waals surface area contributed by atoms with Crippen molar-refractivity contribution in [2.24, 2.45) is 0 Å². The quantitative estimate of drug-likeness (QED) is 0.449. The van der Waals surface area contributed by atoms with Gasteiger partial charge >= 0.3 is 0 Å². The molecule has 1 rings (SSSR count). The Kier molecular flexibility index (Phi) is 5.03. The van der Waals surface area contributed by atoms with Crippen molar-refractivity contribution < 1.29 is 18.4 Å². The van der Waals surface area contributed by atoms with Crippen LogP contribution in [0.3, 0.4) is 0 Å². The second-order valence-electron chi connectivity index (χ2n) is 4.42. The first kappa shape index (κ1) is 16.3. The predicted octanol–water partition coefficient (Wildman–Crippen LogP) is 0.568. The number of nitro groups is 1. The maximum absolute atomic E-state index is 12.5. The van der Waals surface area contributed by atoms with Crippen molar-refractivity contribution in [3.8, 4) is 0 Å². The molecule has 0 saturated heterocycles. The van der Waals surface area contributed by atoms with E-state index in [-0.39, 0.29) is 18.8 Å². The molecule has 0 heterocycles. The number of nitro benzene ring substituents is 1. The molecule has 112 valence electrons. The largest absolute Gasteiger partial charge is 0.399 e. The third-order valence-corrected chi connectivity index (χ3v) is 4.77. The Hall–Kier alpha value is -1.71. The predicted molar refractivity (Wildman–Crippen MR) is 73.6 cm³/mol. The summed E-state index contributed by atoms with van der Waals surface area (Å²) in [5, 5.41) is 19.9. The van der Waals surface area contributed by atoms with E-state index in [1.54, 1.807) is 13.8 Å². The molecule has 8 nitrogen and oxygen atoms in total. The summed E-state index contributed by atoms with van der Waals surface area (Å²) in [6.45, 7) is 2.70. The molecule has 0 aliphatic heterocycles. The number of sulfonamides is 1. The maximum atomic E-state index is 12.5. The van der Waals surface area contributed by atoms with Crippen molar-refractivity contribution in [1.29, 1.82) is 0 Å². The summed E-state index contributed by atoms with van der Waals surface area (Å²) in [5.74, 6) is 0. The summed E-state index contributed by atoms with van der Waals surface area (Å²) in [4.78, 5) is 9.72. The highest BCUT2D eigenvalue weighted by Gasteiger charge is 2.33. The molecular weight excluding hydrogens is 286 g/mol. The third-order valence-electron chi connectivity index (χ3n) is 2.66. The first-order chi connectivity index (χ1) is 9.21. The number of benzene rings is 1. The summed E-state index contributed by atoms with van der Waals surface area (Å²) < 4.78 is 26.0. The van der Waals surface area contributed by atoms with Crippen LogP contribution in [0, 0.1) is 10.1 Å². The molecule has 0 radical (unpaired) electrons. The second kappa shape index (κ2) is 6.16. The Bertz CT molecular complexity index is 600. The van der Waals surface area contributed by atoms with Crippen LogP contribution in [-0.2, 0) is 10.0 Å². The number of aliphatic hydroxyl groups is 1. The van der Waals surface area contributed by atoms with Gasteiger partial charge in [0.1, 0.15) is 0 Å². The van der Waals surface area contributed by atoms with Gasteiger partial charge in [0, 0.05) is 24.3 Å². The molecule has 9 heteroatoms. The molecule has 0 aliphatic carbocycles. The first-order valence-electron chi connectivity index (χ1n) is 5.88.